The lowest BCUT2D eigenvalue weighted by molar-refractivity contribution is -0.752. The van der Waals surface area contributed by atoms with Crippen LogP contribution in [0.25, 0.3) is 0 Å². The third kappa shape index (κ3) is 4.02. The molecule has 0 saturated carbocycles. The summed E-state index contributed by atoms with van der Waals surface area (Å²) in [5.41, 5.74) is 0. The van der Waals surface area contributed by atoms with Gasteiger partial charge in [-0.3, -0.25) is 0 Å². The molecule has 0 saturated heterocycles. The van der Waals surface area contributed by atoms with Gasteiger partial charge in [0.15, 0.2) is 0 Å². The Morgan fingerprint density at radius 3 is 1.29 bits per heavy atom. The van der Waals surface area contributed by atoms with Gasteiger partial charge in [-0.15, -0.1) is 0 Å². The molecular formula is C3H9BI2N+. The molecule has 0 bridgehead atoms. The summed E-state index contributed by atoms with van der Waals surface area (Å²) in [5.74, 6) is 0. The van der Waals surface area contributed by atoms with Gasteiger partial charge in [0.05, 0.1) is 21.1 Å². The molecule has 42 valence electrons. The monoisotopic (exact) mass is 324 g/mol. The molecular weight excluding hydrogens is 315 g/mol. The lowest BCUT2D eigenvalue weighted by Gasteiger charge is -2.23. The van der Waals surface area contributed by atoms with Crippen LogP contribution in [0.5, 0.6) is 0 Å². The Kier molecular flexibility index (Phi) is 3.47. The molecule has 0 rings (SSSR count). The van der Waals surface area contributed by atoms with Gasteiger partial charge in [-0.2, -0.15) is 0 Å². The van der Waals surface area contributed by atoms with Gasteiger partial charge in [-0.1, -0.05) is 0 Å². The van der Waals surface area contributed by atoms with Crippen molar-refractivity contribution in [3.05, 3.63) is 0 Å². The molecule has 0 fully saturated rings. The second kappa shape index (κ2) is 2.86. The fraction of sp³-hybridized carbons (Fsp3) is 1.00. The number of nitrogens with zero attached hydrogens (tertiary/aromatic N) is 1. The highest BCUT2D eigenvalue weighted by atomic mass is 127. The van der Waals surface area contributed by atoms with Gasteiger partial charge in [0.25, 0.3) is 0 Å². The van der Waals surface area contributed by atoms with Crippen molar-refractivity contribution in [1.82, 2.24) is 0 Å². The Morgan fingerprint density at radius 2 is 1.29 bits per heavy atom. The second-order valence-corrected chi connectivity index (χ2v) is 7.14. The van der Waals surface area contributed by atoms with Gasteiger partial charge in [0, 0.05) is 0 Å². The van der Waals surface area contributed by atoms with Crippen LogP contribution in [0.2, 0.25) is 0 Å². The molecule has 0 aliphatic heterocycles. The molecule has 0 aromatic rings. The normalized spacial score (nSPS) is 11.6. The Labute approximate surface area is 72.3 Å². The van der Waals surface area contributed by atoms with Crippen molar-refractivity contribution in [3.63, 3.8) is 0 Å². The highest BCUT2D eigenvalue weighted by Crippen LogP contribution is 2.12. The van der Waals surface area contributed by atoms with E-state index in [4.69, 9.17) is 0 Å². The van der Waals surface area contributed by atoms with Crippen LogP contribution in [-0.2, 0) is 0 Å². The first kappa shape index (κ1) is 8.48. The summed E-state index contributed by atoms with van der Waals surface area (Å²) in [4.78, 5) is 0. The Bertz CT molecular complexity index is 58.4. The van der Waals surface area contributed by atoms with E-state index in [1.54, 1.807) is 0 Å². The van der Waals surface area contributed by atoms with Crippen LogP contribution in [0.4, 0.5) is 0 Å². The number of hydrogen-bond donors (Lipinski definition) is 0. The van der Waals surface area contributed by atoms with E-state index < -0.39 is 0 Å². The minimum atomic E-state index is 0.676. The van der Waals surface area contributed by atoms with E-state index >= 15 is 0 Å². The van der Waals surface area contributed by atoms with Crippen LogP contribution < -0.4 is 0 Å². The van der Waals surface area contributed by atoms with Crippen molar-refractivity contribution in [1.29, 1.82) is 0 Å². The number of halogens is 2. The quantitative estimate of drug-likeness (QED) is 0.507. The fourth-order valence-electron chi connectivity index (χ4n) is 0. The highest BCUT2D eigenvalue weighted by molar-refractivity contribution is 14.3. The molecule has 1 nitrogen and oxygen atoms in total. The summed E-state index contributed by atoms with van der Waals surface area (Å²) in [6.07, 6.45) is 0. The van der Waals surface area contributed by atoms with Crippen LogP contribution in [0, 0.1) is 0 Å². The molecule has 0 atom stereocenters. The molecule has 0 aliphatic carbocycles. The van der Waals surface area contributed by atoms with Gasteiger partial charge >= 0.3 is 2.56 Å². The largest absolute Gasteiger partial charge is 0.544 e. The van der Waals surface area contributed by atoms with Crippen molar-refractivity contribution in [2.45, 2.75) is 0 Å². The van der Waals surface area contributed by atoms with Crippen LogP contribution in [0.15, 0.2) is 0 Å². The minimum Gasteiger partial charge on any atom is -0.383 e. The van der Waals surface area contributed by atoms with Gasteiger partial charge in [-0.05, 0) is 44.7 Å². The van der Waals surface area contributed by atoms with Crippen molar-refractivity contribution in [2.24, 2.45) is 0 Å². The van der Waals surface area contributed by atoms with Crippen LogP contribution in [0.1, 0.15) is 0 Å². The summed E-state index contributed by atoms with van der Waals surface area (Å²) in [6.45, 7) is 0. The number of hydrogen-bond acceptors (Lipinski definition) is 0. The van der Waals surface area contributed by atoms with Gasteiger partial charge < -0.3 is 4.39 Å². The summed E-state index contributed by atoms with van der Waals surface area (Å²) >= 11 is 4.82. The summed E-state index contributed by atoms with van der Waals surface area (Å²) in [7, 11) is 6.55. The van der Waals surface area contributed by atoms with Gasteiger partial charge in [0.1, 0.15) is 0 Å². The summed E-state index contributed by atoms with van der Waals surface area (Å²) < 4.78 is 1.70. The minimum absolute atomic E-state index is 0.676. The predicted molar refractivity (Wildman–Crippen MR) is 51.8 cm³/mol. The molecule has 0 spiro atoms. The molecule has 4 heteroatoms. The zero-order valence-electron chi connectivity index (χ0n) is 4.78. The third-order valence-electron chi connectivity index (χ3n) is 0.586. The molecule has 0 heterocycles. The standard InChI is InChI=1S/C3H9BI2N/c1-7(2,3)4(5)6/h1-3H3/q+1. The number of quaternary nitrogens is 1. The zero-order valence-corrected chi connectivity index (χ0v) is 9.10. The van der Waals surface area contributed by atoms with E-state index in [1.807, 2.05) is 0 Å². The van der Waals surface area contributed by atoms with E-state index in [0.29, 0.717) is 2.56 Å². The van der Waals surface area contributed by atoms with Crippen LogP contribution in [-0.4, -0.2) is 28.1 Å². The molecule has 7 heavy (non-hydrogen) atoms. The maximum atomic E-state index is 2.41. The topological polar surface area (TPSA) is 0 Å². The SMILES string of the molecule is C[N+](C)(C)B(I)I. The average molecular weight is 324 g/mol. The smallest absolute Gasteiger partial charge is 0.383 e. The van der Waals surface area contributed by atoms with Crippen molar-refractivity contribution in [2.75, 3.05) is 21.1 Å². The van der Waals surface area contributed by atoms with E-state index in [9.17, 15) is 0 Å². The maximum absolute atomic E-state index is 2.41. The molecule has 0 N–H and O–H groups in total. The summed E-state index contributed by atoms with van der Waals surface area (Å²) in [6, 6.07) is 0. The Hall–Kier alpha value is 1.48. The first-order valence-electron chi connectivity index (χ1n) is 2.04. The Morgan fingerprint density at radius 1 is 1.14 bits per heavy atom. The van der Waals surface area contributed by atoms with E-state index in [-0.39, 0.29) is 0 Å². The lowest BCUT2D eigenvalue weighted by atomic mass is 10.3. The van der Waals surface area contributed by atoms with Crippen LogP contribution in [0.3, 0.4) is 0 Å². The predicted octanol–water partition coefficient (Wildman–Crippen LogP) is 1.55. The van der Waals surface area contributed by atoms with Gasteiger partial charge in [0.2, 0.25) is 0 Å². The molecule has 0 aromatic carbocycles. The second-order valence-electron chi connectivity index (χ2n) is 2.39. The van der Waals surface area contributed by atoms with E-state index in [1.165, 1.54) is 0 Å². The first-order valence-corrected chi connectivity index (χ1v) is 4.53. The molecule has 0 unspecified atom stereocenters. The van der Waals surface area contributed by atoms with Crippen molar-refractivity contribution >= 4 is 47.3 Å². The Balaban J connectivity index is 3.54. The van der Waals surface area contributed by atoms with E-state index in [2.05, 4.69) is 65.9 Å². The van der Waals surface area contributed by atoms with Crippen molar-refractivity contribution < 1.29 is 4.39 Å². The zero-order chi connectivity index (χ0) is 6.08. The lowest BCUT2D eigenvalue weighted by Crippen LogP contribution is -2.41. The van der Waals surface area contributed by atoms with Gasteiger partial charge in [-0.25, -0.2) is 0 Å². The fourth-order valence-corrected chi connectivity index (χ4v) is 0. The molecule has 0 radical (unpaired) electrons. The average Bonchev–Trinajstić information content (AvgIpc) is 1.31. The third-order valence-corrected chi connectivity index (χ3v) is 3.93. The maximum Gasteiger partial charge on any atom is 0.544 e. The first-order chi connectivity index (χ1) is 2.94. The molecule has 0 amide bonds. The van der Waals surface area contributed by atoms with Crippen LogP contribution >= 0.6 is 44.7 Å². The summed E-state index contributed by atoms with van der Waals surface area (Å²) in [5, 5.41) is 0. The highest BCUT2D eigenvalue weighted by Gasteiger charge is 2.23. The van der Waals surface area contributed by atoms with E-state index in [0.717, 1.165) is 4.39 Å². The van der Waals surface area contributed by atoms with Crippen molar-refractivity contribution in [3.8, 4) is 0 Å². The number of rotatable bonds is 1. The molecule has 0 aromatic heterocycles. The molecule has 0 aliphatic rings.